The monoisotopic (exact) mass is 392 g/mol. The summed E-state index contributed by atoms with van der Waals surface area (Å²) < 4.78 is 43.6. The summed E-state index contributed by atoms with van der Waals surface area (Å²) in [4.78, 5) is 24.7. The minimum Gasteiger partial charge on any atom is -0.457 e. The second kappa shape index (κ2) is 7.92. The van der Waals surface area contributed by atoms with Crippen LogP contribution in [-0.2, 0) is 28.7 Å². The summed E-state index contributed by atoms with van der Waals surface area (Å²) in [7, 11) is 0. The summed E-state index contributed by atoms with van der Waals surface area (Å²) in [5.41, 5.74) is 6.33. The second-order valence-electron chi connectivity index (χ2n) is 6.59. The van der Waals surface area contributed by atoms with E-state index in [2.05, 4.69) is 0 Å². The van der Waals surface area contributed by atoms with Gasteiger partial charge in [-0.2, -0.15) is 13.2 Å². The zero-order valence-corrected chi connectivity index (χ0v) is 15.0. The number of alkyl halides is 3. The van der Waals surface area contributed by atoms with Gasteiger partial charge < -0.3 is 15.4 Å². The van der Waals surface area contributed by atoms with Gasteiger partial charge in [-0.25, -0.2) is 0 Å². The molecule has 2 aromatic carbocycles. The fraction of sp³-hybridized carbons (Fsp3) is 0.300. The minimum absolute atomic E-state index is 0.0132. The third-order valence-electron chi connectivity index (χ3n) is 4.55. The van der Waals surface area contributed by atoms with Gasteiger partial charge in [0, 0.05) is 25.9 Å². The van der Waals surface area contributed by atoms with E-state index in [0.717, 1.165) is 23.3 Å². The molecule has 0 bridgehead atoms. The van der Waals surface area contributed by atoms with Crippen molar-refractivity contribution < 1.29 is 27.5 Å². The van der Waals surface area contributed by atoms with E-state index < -0.39 is 17.6 Å². The van der Waals surface area contributed by atoms with Crippen LogP contribution < -0.4 is 10.5 Å². The van der Waals surface area contributed by atoms with Crippen molar-refractivity contribution >= 4 is 11.8 Å². The lowest BCUT2D eigenvalue weighted by atomic mass is 9.99. The number of primary amides is 1. The Morgan fingerprint density at radius 3 is 2.32 bits per heavy atom. The lowest BCUT2D eigenvalue weighted by molar-refractivity contribution is -0.137. The van der Waals surface area contributed by atoms with Crippen molar-refractivity contribution in [3.8, 4) is 11.5 Å². The van der Waals surface area contributed by atoms with Crippen LogP contribution in [0, 0.1) is 0 Å². The van der Waals surface area contributed by atoms with Crippen molar-refractivity contribution in [3.63, 3.8) is 0 Å². The predicted molar refractivity (Wildman–Crippen MR) is 95.5 cm³/mol. The average molecular weight is 392 g/mol. The van der Waals surface area contributed by atoms with Crippen LogP contribution in [0.2, 0.25) is 0 Å². The van der Waals surface area contributed by atoms with Crippen LogP contribution in [-0.4, -0.2) is 23.3 Å². The van der Waals surface area contributed by atoms with Crippen molar-refractivity contribution in [3.05, 3.63) is 59.2 Å². The summed E-state index contributed by atoms with van der Waals surface area (Å²) in [6.07, 6.45) is -3.63. The molecular weight excluding hydrogens is 373 g/mol. The zero-order chi connectivity index (χ0) is 20.3. The molecule has 1 heterocycles. The van der Waals surface area contributed by atoms with Crippen LogP contribution in [0.1, 0.15) is 29.5 Å². The number of nitrogens with two attached hydrogens (primary N) is 1. The number of ether oxygens (including phenoxy) is 1. The molecule has 2 amide bonds. The van der Waals surface area contributed by atoms with E-state index >= 15 is 0 Å². The predicted octanol–water partition coefficient (Wildman–Crippen LogP) is 3.65. The highest BCUT2D eigenvalue weighted by atomic mass is 19.4. The molecule has 0 aliphatic carbocycles. The normalized spacial score (nSPS) is 13.8. The molecule has 0 atom stereocenters. The van der Waals surface area contributed by atoms with Crippen molar-refractivity contribution in [2.24, 2.45) is 5.73 Å². The number of halogens is 3. The molecule has 0 radical (unpaired) electrons. The number of rotatable bonds is 5. The highest BCUT2D eigenvalue weighted by molar-refractivity contribution is 5.83. The Labute approximate surface area is 159 Å². The highest BCUT2D eigenvalue weighted by Gasteiger charge is 2.30. The fourth-order valence-electron chi connectivity index (χ4n) is 3.05. The third kappa shape index (κ3) is 4.82. The SMILES string of the molecule is NC(=O)CCC(=O)N1CCc2ccc(Oc3ccc(C(F)(F)F)cc3)cc2C1. The van der Waals surface area contributed by atoms with Gasteiger partial charge in [-0.3, -0.25) is 9.59 Å². The number of amides is 2. The summed E-state index contributed by atoms with van der Waals surface area (Å²) in [5.74, 6) is 0.111. The molecule has 28 heavy (non-hydrogen) atoms. The minimum atomic E-state index is -4.39. The molecule has 0 unspecified atom stereocenters. The van der Waals surface area contributed by atoms with Gasteiger partial charge in [0.1, 0.15) is 11.5 Å². The molecule has 2 aromatic rings. The maximum atomic E-state index is 12.6. The Morgan fingerprint density at radius 1 is 1.00 bits per heavy atom. The molecule has 2 N–H and O–H groups in total. The van der Waals surface area contributed by atoms with Crippen LogP contribution in [0.25, 0.3) is 0 Å². The summed E-state index contributed by atoms with van der Waals surface area (Å²) >= 11 is 0. The van der Waals surface area contributed by atoms with E-state index in [1.807, 2.05) is 6.07 Å². The summed E-state index contributed by atoms with van der Waals surface area (Å²) in [6, 6.07) is 9.88. The quantitative estimate of drug-likeness (QED) is 0.844. The Hall–Kier alpha value is -3.03. The van der Waals surface area contributed by atoms with Crippen LogP contribution >= 0.6 is 0 Å². The number of hydrogen-bond donors (Lipinski definition) is 1. The van der Waals surface area contributed by atoms with Gasteiger partial charge in [-0.05, 0) is 53.9 Å². The van der Waals surface area contributed by atoms with E-state index in [-0.39, 0.29) is 24.5 Å². The molecule has 0 aromatic heterocycles. The first-order valence-electron chi connectivity index (χ1n) is 8.75. The van der Waals surface area contributed by atoms with E-state index in [9.17, 15) is 22.8 Å². The topological polar surface area (TPSA) is 72.6 Å². The zero-order valence-electron chi connectivity index (χ0n) is 15.0. The first-order chi connectivity index (χ1) is 13.2. The van der Waals surface area contributed by atoms with Gasteiger partial charge in [0.25, 0.3) is 0 Å². The first-order valence-corrected chi connectivity index (χ1v) is 8.75. The summed E-state index contributed by atoms with van der Waals surface area (Å²) in [6.45, 7) is 0.945. The van der Waals surface area contributed by atoms with Gasteiger partial charge >= 0.3 is 6.18 Å². The van der Waals surface area contributed by atoms with E-state index in [1.54, 1.807) is 17.0 Å². The molecule has 0 saturated carbocycles. The van der Waals surface area contributed by atoms with Gasteiger partial charge in [0.15, 0.2) is 0 Å². The van der Waals surface area contributed by atoms with Crippen molar-refractivity contribution in [1.29, 1.82) is 0 Å². The highest BCUT2D eigenvalue weighted by Crippen LogP contribution is 2.32. The van der Waals surface area contributed by atoms with E-state index in [1.165, 1.54) is 12.1 Å². The smallest absolute Gasteiger partial charge is 0.416 e. The lowest BCUT2D eigenvalue weighted by Crippen LogP contribution is -2.36. The number of benzene rings is 2. The molecule has 0 fully saturated rings. The molecule has 1 aliphatic heterocycles. The molecule has 3 rings (SSSR count). The van der Waals surface area contributed by atoms with Crippen molar-refractivity contribution in [2.75, 3.05) is 6.54 Å². The van der Waals surface area contributed by atoms with Crippen LogP contribution in [0.5, 0.6) is 11.5 Å². The maximum Gasteiger partial charge on any atom is 0.416 e. The Morgan fingerprint density at radius 2 is 1.68 bits per heavy atom. The largest absolute Gasteiger partial charge is 0.457 e. The number of fused-ring (bicyclic) bond motifs is 1. The molecule has 148 valence electrons. The van der Waals surface area contributed by atoms with Gasteiger partial charge in [0.2, 0.25) is 11.8 Å². The van der Waals surface area contributed by atoms with E-state index in [0.29, 0.717) is 25.3 Å². The fourth-order valence-corrected chi connectivity index (χ4v) is 3.05. The van der Waals surface area contributed by atoms with E-state index in [4.69, 9.17) is 10.5 Å². The maximum absolute atomic E-state index is 12.6. The van der Waals surface area contributed by atoms with Crippen LogP contribution in [0.4, 0.5) is 13.2 Å². The standard InChI is InChI=1S/C20H19F3N2O3/c21-20(22,23)15-2-5-16(6-3-15)28-17-4-1-13-9-10-25(12-14(13)11-17)19(27)8-7-18(24)26/h1-6,11H,7-10,12H2,(H2,24,26). The number of carbonyl (C=O) groups is 2. The number of hydrogen-bond acceptors (Lipinski definition) is 3. The average Bonchev–Trinajstić information content (AvgIpc) is 2.65. The second-order valence-corrected chi connectivity index (χ2v) is 6.59. The van der Waals surface area contributed by atoms with Gasteiger partial charge in [0.05, 0.1) is 5.56 Å². The van der Waals surface area contributed by atoms with Crippen molar-refractivity contribution in [2.45, 2.75) is 32.0 Å². The molecular formula is C20H19F3N2O3. The van der Waals surface area contributed by atoms with Gasteiger partial charge in [-0.15, -0.1) is 0 Å². The van der Waals surface area contributed by atoms with Crippen LogP contribution in [0.3, 0.4) is 0 Å². The molecule has 5 nitrogen and oxygen atoms in total. The molecule has 1 aliphatic rings. The first kappa shape index (κ1) is 19.7. The molecule has 8 heteroatoms. The molecule has 0 spiro atoms. The lowest BCUT2D eigenvalue weighted by Gasteiger charge is -2.29. The molecule has 0 saturated heterocycles. The third-order valence-corrected chi connectivity index (χ3v) is 4.55. The van der Waals surface area contributed by atoms with Crippen molar-refractivity contribution in [1.82, 2.24) is 4.90 Å². The van der Waals surface area contributed by atoms with Gasteiger partial charge in [-0.1, -0.05) is 6.07 Å². The number of nitrogens with zero attached hydrogens (tertiary/aromatic N) is 1. The Kier molecular flexibility index (Phi) is 5.58. The Bertz CT molecular complexity index is 879. The Balaban J connectivity index is 1.69. The van der Waals surface area contributed by atoms with Crippen LogP contribution in [0.15, 0.2) is 42.5 Å². The summed E-state index contributed by atoms with van der Waals surface area (Å²) in [5, 5.41) is 0. The number of carbonyl (C=O) groups excluding carboxylic acids is 2.